The van der Waals surface area contributed by atoms with Crippen LogP contribution in [0.3, 0.4) is 0 Å². The number of rotatable bonds is 0. The number of phenolic OH excluding ortho intramolecular Hbond substituents is 2. The Balaban J connectivity index is 2.49. The van der Waals surface area contributed by atoms with Gasteiger partial charge in [0.05, 0.1) is 11.1 Å². The number of aliphatic hydroxyl groups is 1. The Morgan fingerprint density at radius 1 is 1.16 bits per heavy atom. The zero-order valence-electron chi connectivity index (χ0n) is 13.6. The number of aromatic hydroxyl groups is 2. The van der Waals surface area contributed by atoms with Gasteiger partial charge in [-0.1, -0.05) is 29.8 Å². The van der Waals surface area contributed by atoms with E-state index in [1.165, 1.54) is 12.2 Å². The van der Waals surface area contributed by atoms with Crippen LogP contribution in [0.2, 0.25) is 5.02 Å². The van der Waals surface area contributed by atoms with E-state index in [1.807, 2.05) is 0 Å². The molecule has 6 nitrogen and oxygen atoms in total. The highest BCUT2D eigenvalue weighted by Gasteiger charge is 2.25. The first-order valence-corrected chi connectivity index (χ1v) is 8.15. The van der Waals surface area contributed by atoms with Crippen molar-refractivity contribution in [2.75, 3.05) is 0 Å². The molecule has 1 aromatic carbocycles. The number of hydrogen-bond donors (Lipinski definition) is 3. The number of cyclic esters (lactones) is 1. The van der Waals surface area contributed by atoms with Crippen LogP contribution >= 0.6 is 11.6 Å². The standard InChI is InChI=1S/C18H19ClO6/c1-10-4-2-5-11(20)6-3-7-12(21)8-13-16(18(24)25-10)14(22)9-15(23)17(13)19/h2-3,5,7,9-11,20,22-23H,4,6,8H2,1H3/b5-2+,7-3+/t10-,11?/m0/s1. The van der Waals surface area contributed by atoms with Crippen LogP contribution in [0.4, 0.5) is 0 Å². The average Bonchev–Trinajstić information content (AvgIpc) is 2.51. The molecule has 7 heteroatoms. The lowest BCUT2D eigenvalue weighted by atomic mass is 9.99. The summed E-state index contributed by atoms with van der Waals surface area (Å²) in [5.74, 6) is -2.19. The van der Waals surface area contributed by atoms with Crippen molar-refractivity contribution in [2.45, 2.75) is 38.4 Å². The number of phenols is 2. The van der Waals surface area contributed by atoms with E-state index in [9.17, 15) is 24.9 Å². The molecule has 0 spiro atoms. The van der Waals surface area contributed by atoms with E-state index in [2.05, 4.69) is 0 Å². The van der Waals surface area contributed by atoms with E-state index >= 15 is 0 Å². The Morgan fingerprint density at radius 2 is 1.88 bits per heavy atom. The molecular weight excluding hydrogens is 348 g/mol. The monoisotopic (exact) mass is 366 g/mol. The highest BCUT2D eigenvalue weighted by molar-refractivity contribution is 6.33. The minimum Gasteiger partial charge on any atom is -0.507 e. The van der Waals surface area contributed by atoms with E-state index in [0.29, 0.717) is 6.42 Å². The summed E-state index contributed by atoms with van der Waals surface area (Å²) in [6.07, 6.45) is 5.06. The zero-order chi connectivity index (χ0) is 18.6. The third-order valence-corrected chi connectivity index (χ3v) is 4.11. The van der Waals surface area contributed by atoms with Crippen LogP contribution in [0.15, 0.2) is 30.4 Å². The summed E-state index contributed by atoms with van der Waals surface area (Å²) >= 11 is 6.03. The molecule has 0 aromatic heterocycles. The molecule has 1 unspecified atom stereocenters. The molecule has 1 aromatic rings. The topological polar surface area (TPSA) is 104 Å². The molecule has 2 rings (SSSR count). The number of hydrogen-bond acceptors (Lipinski definition) is 6. The summed E-state index contributed by atoms with van der Waals surface area (Å²) in [5.41, 5.74) is -0.239. The van der Waals surface area contributed by atoms with Crippen molar-refractivity contribution in [1.29, 1.82) is 0 Å². The van der Waals surface area contributed by atoms with Gasteiger partial charge in [-0.05, 0) is 19.4 Å². The summed E-state index contributed by atoms with van der Waals surface area (Å²) in [5, 5.41) is 29.4. The van der Waals surface area contributed by atoms with Crippen LogP contribution in [0.5, 0.6) is 11.5 Å². The Labute approximate surface area is 150 Å². The maximum Gasteiger partial charge on any atom is 0.342 e. The highest BCUT2D eigenvalue weighted by atomic mass is 35.5. The molecule has 1 heterocycles. The van der Waals surface area contributed by atoms with Crippen LogP contribution in [-0.2, 0) is 16.0 Å². The molecule has 0 radical (unpaired) electrons. The summed E-state index contributed by atoms with van der Waals surface area (Å²) in [7, 11) is 0. The van der Waals surface area contributed by atoms with E-state index < -0.39 is 35.5 Å². The number of carbonyl (C=O) groups is 2. The molecular formula is C18H19ClO6. The van der Waals surface area contributed by atoms with Crippen LogP contribution in [0.25, 0.3) is 0 Å². The van der Waals surface area contributed by atoms with Crippen LogP contribution < -0.4 is 0 Å². The third kappa shape index (κ3) is 4.84. The van der Waals surface area contributed by atoms with Crippen LogP contribution in [-0.4, -0.2) is 39.3 Å². The number of fused-ring (bicyclic) bond motifs is 1. The largest absolute Gasteiger partial charge is 0.507 e. The van der Waals surface area contributed by atoms with Gasteiger partial charge in [-0.25, -0.2) is 4.79 Å². The first-order chi connectivity index (χ1) is 11.8. The van der Waals surface area contributed by atoms with Gasteiger partial charge in [-0.2, -0.15) is 0 Å². The third-order valence-electron chi connectivity index (χ3n) is 3.69. The fourth-order valence-corrected chi connectivity index (χ4v) is 2.66. The number of ether oxygens (including phenoxy) is 1. The van der Waals surface area contributed by atoms with Crippen molar-refractivity contribution < 1.29 is 29.6 Å². The van der Waals surface area contributed by atoms with Crippen LogP contribution in [0, 0.1) is 0 Å². The van der Waals surface area contributed by atoms with Gasteiger partial charge in [0, 0.05) is 24.5 Å². The molecule has 134 valence electrons. The van der Waals surface area contributed by atoms with E-state index in [0.717, 1.165) is 6.07 Å². The van der Waals surface area contributed by atoms with Gasteiger partial charge in [-0.3, -0.25) is 4.79 Å². The summed E-state index contributed by atoms with van der Waals surface area (Å²) < 4.78 is 5.27. The van der Waals surface area contributed by atoms with Crippen molar-refractivity contribution in [1.82, 2.24) is 0 Å². The van der Waals surface area contributed by atoms with E-state index in [1.54, 1.807) is 19.1 Å². The second kappa shape index (κ2) is 8.18. The average molecular weight is 367 g/mol. The summed E-state index contributed by atoms with van der Waals surface area (Å²) in [4.78, 5) is 24.5. The van der Waals surface area contributed by atoms with E-state index in [-0.39, 0.29) is 29.0 Å². The van der Waals surface area contributed by atoms with Crippen molar-refractivity contribution in [3.8, 4) is 11.5 Å². The molecule has 0 bridgehead atoms. The fourth-order valence-electron chi connectivity index (χ4n) is 2.45. The lowest BCUT2D eigenvalue weighted by Crippen LogP contribution is -2.18. The molecule has 1 aliphatic rings. The second-order valence-corrected chi connectivity index (χ2v) is 6.19. The summed E-state index contributed by atoms with van der Waals surface area (Å²) in [6, 6.07) is 0.937. The number of allylic oxidation sites excluding steroid dienone is 1. The van der Waals surface area contributed by atoms with Crippen LogP contribution in [0.1, 0.15) is 35.7 Å². The molecule has 3 N–H and O–H groups in total. The van der Waals surface area contributed by atoms with Gasteiger partial charge in [0.2, 0.25) is 0 Å². The Bertz CT molecular complexity index is 738. The predicted molar refractivity (Wildman–Crippen MR) is 91.9 cm³/mol. The first kappa shape index (κ1) is 19.0. The van der Waals surface area contributed by atoms with Gasteiger partial charge < -0.3 is 20.1 Å². The van der Waals surface area contributed by atoms with Crippen molar-refractivity contribution in [3.63, 3.8) is 0 Å². The number of halogens is 1. The summed E-state index contributed by atoms with van der Waals surface area (Å²) in [6.45, 7) is 1.66. The quantitative estimate of drug-likeness (QED) is 0.481. The van der Waals surface area contributed by atoms with E-state index in [4.69, 9.17) is 16.3 Å². The van der Waals surface area contributed by atoms with Gasteiger partial charge >= 0.3 is 5.97 Å². The number of esters is 1. The first-order valence-electron chi connectivity index (χ1n) is 7.78. The molecule has 0 saturated heterocycles. The molecule has 2 atom stereocenters. The molecule has 25 heavy (non-hydrogen) atoms. The van der Waals surface area contributed by atoms with Gasteiger partial charge in [0.15, 0.2) is 5.78 Å². The van der Waals surface area contributed by atoms with Crippen molar-refractivity contribution in [2.24, 2.45) is 0 Å². The van der Waals surface area contributed by atoms with Crippen molar-refractivity contribution in [3.05, 3.63) is 46.5 Å². The Hall–Kier alpha value is -2.31. The van der Waals surface area contributed by atoms with Gasteiger partial charge in [0.1, 0.15) is 23.2 Å². The van der Waals surface area contributed by atoms with Crippen molar-refractivity contribution >= 4 is 23.4 Å². The lowest BCUT2D eigenvalue weighted by molar-refractivity contribution is -0.114. The van der Waals surface area contributed by atoms with Gasteiger partial charge in [0.25, 0.3) is 0 Å². The highest BCUT2D eigenvalue weighted by Crippen LogP contribution is 2.37. The van der Waals surface area contributed by atoms with Gasteiger partial charge in [-0.15, -0.1) is 0 Å². The minimum atomic E-state index is -0.843. The maximum atomic E-state index is 12.4. The Morgan fingerprint density at radius 3 is 2.60 bits per heavy atom. The Kier molecular flexibility index (Phi) is 6.22. The number of benzene rings is 1. The fraction of sp³-hybridized carbons (Fsp3) is 0.333. The minimum absolute atomic E-state index is 0.000772. The normalized spacial score (nSPS) is 24.8. The molecule has 0 saturated carbocycles. The smallest absolute Gasteiger partial charge is 0.342 e. The molecule has 0 aliphatic carbocycles. The lowest BCUT2D eigenvalue weighted by Gasteiger charge is -2.16. The maximum absolute atomic E-state index is 12.4. The molecule has 1 aliphatic heterocycles. The molecule has 0 fully saturated rings. The predicted octanol–water partition coefficient (Wildman–Crippen LogP) is 2.68. The molecule has 0 amide bonds. The number of aliphatic hydroxyl groups excluding tert-OH is 1. The number of carbonyl (C=O) groups excluding carboxylic acids is 2. The number of ketones is 1. The zero-order valence-corrected chi connectivity index (χ0v) is 14.4. The SMILES string of the molecule is C[C@H]1C/C=C/C(O)C/C=C/C(=O)Cc2c(Cl)c(O)cc(O)c2C(=O)O1. The second-order valence-electron chi connectivity index (χ2n) is 5.81.